The van der Waals surface area contributed by atoms with Crippen molar-refractivity contribution in [3.8, 4) is 5.75 Å². The van der Waals surface area contributed by atoms with Crippen LogP contribution in [0.4, 0.5) is 0 Å². The monoisotopic (exact) mass is 316 g/mol. The third kappa shape index (κ3) is 3.46. The van der Waals surface area contributed by atoms with Crippen LogP contribution in [0.1, 0.15) is 20.7 Å². The Morgan fingerprint density at radius 1 is 1.17 bits per heavy atom. The van der Waals surface area contributed by atoms with Crippen molar-refractivity contribution in [1.29, 1.82) is 0 Å². The summed E-state index contributed by atoms with van der Waals surface area (Å²) in [6.07, 6.45) is 0. The van der Waals surface area contributed by atoms with E-state index in [0.29, 0.717) is 17.7 Å². The van der Waals surface area contributed by atoms with Gasteiger partial charge in [0.1, 0.15) is 11.3 Å². The summed E-state index contributed by atoms with van der Waals surface area (Å²) in [5.74, 6) is -0.716. The molecule has 0 bridgehead atoms. The highest BCUT2D eigenvalue weighted by atomic mass is 79.9. The fourth-order valence-electron chi connectivity index (χ4n) is 1.32. The molecule has 1 aromatic carbocycles. The Kier molecular flexibility index (Phi) is 5.64. The maximum Gasteiger partial charge on any atom is 0.341 e. The molecule has 0 saturated carbocycles. The van der Waals surface area contributed by atoms with Crippen LogP contribution in [-0.4, -0.2) is 38.1 Å². The third-order valence-corrected chi connectivity index (χ3v) is 2.46. The SMILES string of the molecule is COC(=O)c1ccc(OCCBr)c(C(=O)OC)c1. The first-order valence-electron chi connectivity index (χ1n) is 5.13. The lowest BCUT2D eigenvalue weighted by Gasteiger charge is -2.10. The zero-order chi connectivity index (χ0) is 13.5. The van der Waals surface area contributed by atoms with Crippen molar-refractivity contribution < 1.29 is 23.8 Å². The van der Waals surface area contributed by atoms with E-state index >= 15 is 0 Å². The highest BCUT2D eigenvalue weighted by molar-refractivity contribution is 9.09. The lowest BCUT2D eigenvalue weighted by Crippen LogP contribution is -2.10. The Morgan fingerprint density at radius 3 is 2.39 bits per heavy atom. The minimum atomic E-state index is -0.565. The molecule has 0 N–H and O–H groups in total. The molecule has 0 spiro atoms. The molecule has 0 aliphatic heterocycles. The first-order chi connectivity index (χ1) is 8.63. The van der Waals surface area contributed by atoms with E-state index in [-0.39, 0.29) is 11.1 Å². The lowest BCUT2D eigenvalue weighted by atomic mass is 10.1. The Morgan fingerprint density at radius 2 is 1.83 bits per heavy atom. The van der Waals surface area contributed by atoms with E-state index in [1.165, 1.54) is 26.4 Å². The van der Waals surface area contributed by atoms with E-state index in [9.17, 15) is 9.59 Å². The number of alkyl halides is 1. The van der Waals surface area contributed by atoms with Gasteiger partial charge >= 0.3 is 11.9 Å². The van der Waals surface area contributed by atoms with Crippen LogP contribution in [0.5, 0.6) is 5.75 Å². The molecule has 18 heavy (non-hydrogen) atoms. The molecule has 0 unspecified atom stereocenters. The minimum Gasteiger partial charge on any atom is -0.492 e. The van der Waals surface area contributed by atoms with Crippen LogP contribution in [0.15, 0.2) is 18.2 Å². The van der Waals surface area contributed by atoms with Crippen molar-refractivity contribution in [3.05, 3.63) is 29.3 Å². The second-order valence-electron chi connectivity index (χ2n) is 3.23. The summed E-state index contributed by atoms with van der Waals surface area (Å²) in [6.45, 7) is 0.404. The van der Waals surface area contributed by atoms with Gasteiger partial charge in [0.2, 0.25) is 0 Å². The molecule has 1 rings (SSSR count). The minimum absolute atomic E-state index is 0.196. The van der Waals surface area contributed by atoms with Crippen molar-refractivity contribution in [2.45, 2.75) is 0 Å². The van der Waals surface area contributed by atoms with Gasteiger partial charge in [0.15, 0.2) is 0 Å². The van der Waals surface area contributed by atoms with Crippen LogP contribution in [0, 0.1) is 0 Å². The average molecular weight is 317 g/mol. The molecule has 0 radical (unpaired) electrons. The fraction of sp³-hybridized carbons (Fsp3) is 0.333. The second-order valence-corrected chi connectivity index (χ2v) is 4.02. The van der Waals surface area contributed by atoms with Gasteiger partial charge < -0.3 is 14.2 Å². The van der Waals surface area contributed by atoms with Crippen LogP contribution < -0.4 is 4.74 Å². The number of esters is 2. The van der Waals surface area contributed by atoms with Crippen molar-refractivity contribution in [1.82, 2.24) is 0 Å². The Hall–Kier alpha value is -1.56. The van der Waals surface area contributed by atoms with E-state index in [1.54, 1.807) is 6.07 Å². The Balaban J connectivity index is 3.11. The summed E-state index contributed by atoms with van der Waals surface area (Å²) in [7, 11) is 2.54. The van der Waals surface area contributed by atoms with Gasteiger partial charge in [0.25, 0.3) is 0 Å². The van der Waals surface area contributed by atoms with Gasteiger partial charge in [-0.2, -0.15) is 0 Å². The van der Waals surface area contributed by atoms with E-state index in [2.05, 4.69) is 25.4 Å². The first kappa shape index (κ1) is 14.5. The smallest absolute Gasteiger partial charge is 0.341 e. The molecule has 0 fully saturated rings. The zero-order valence-electron chi connectivity index (χ0n) is 10.1. The van der Waals surface area contributed by atoms with Crippen molar-refractivity contribution >= 4 is 27.9 Å². The van der Waals surface area contributed by atoms with Gasteiger partial charge in [0, 0.05) is 5.33 Å². The number of hydrogen-bond acceptors (Lipinski definition) is 5. The van der Waals surface area contributed by atoms with Crippen LogP contribution >= 0.6 is 15.9 Å². The van der Waals surface area contributed by atoms with Gasteiger partial charge in [-0.3, -0.25) is 0 Å². The van der Waals surface area contributed by atoms with Crippen molar-refractivity contribution in [2.75, 3.05) is 26.2 Å². The molecule has 0 atom stereocenters. The van der Waals surface area contributed by atoms with Gasteiger partial charge in [-0.25, -0.2) is 9.59 Å². The number of ether oxygens (including phenoxy) is 3. The van der Waals surface area contributed by atoms with Gasteiger partial charge in [-0.1, -0.05) is 15.9 Å². The summed E-state index contributed by atoms with van der Waals surface area (Å²) >= 11 is 3.22. The molecular formula is C12H13BrO5. The standard InChI is InChI=1S/C12H13BrO5/c1-16-11(14)8-3-4-10(18-6-5-13)9(7-8)12(15)17-2/h3-4,7H,5-6H2,1-2H3. The molecule has 0 amide bonds. The molecule has 6 heteroatoms. The summed E-state index contributed by atoms with van der Waals surface area (Å²) in [4.78, 5) is 23.0. The number of rotatable bonds is 5. The van der Waals surface area contributed by atoms with Gasteiger partial charge in [0.05, 0.1) is 26.4 Å². The second kappa shape index (κ2) is 7.00. The molecular weight excluding hydrogens is 304 g/mol. The summed E-state index contributed by atoms with van der Waals surface area (Å²) in [6, 6.07) is 4.46. The highest BCUT2D eigenvalue weighted by Gasteiger charge is 2.16. The topological polar surface area (TPSA) is 61.8 Å². The lowest BCUT2D eigenvalue weighted by molar-refractivity contribution is 0.0595. The van der Waals surface area contributed by atoms with E-state index in [4.69, 9.17) is 4.74 Å². The highest BCUT2D eigenvalue weighted by Crippen LogP contribution is 2.21. The largest absolute Gasteiger partial charge is 0.492 e. The first-order valence-corrected chi connectivity index (χ1v) is 6.25. The van der Waals surface area contributed by atoms with Crippen molar-refractivity contribution in [3.63, 3.8) is 0 Å². The number of benzene rings is 1. The average Bonchev–Trinajstić information content (AvgIpc) is 2.43. The number of methoxy groups -OCH3 is 2. The van der Waals surface area contributed by atoms with Crippen LogP contribution in [0.3, 0.4) is 0 Å². The maximum absolute atomic E-state index is 11.6. The number of hydrogen-bond donors (Lipinski definition) is 0. The molecule has 0 aliphatic carbocycles. The summed E-state index contributed by atoms with van der Waals surface area (Å²) in [5, 5.41) is 0.631. The van der Waals surface area contributed by atoms with E-state index in [1.807, 2.05) is 0 Å². The normalized spacial score (nSPS) is 9.72. The molecule has 98 valence electrons. The molecule has 0 aromatic heterocycles. The Bertz CT molecular complexity index is 444. The number of halogens is 1. The van der Waals surface area contributed by atoms with Gasteiger partial charge in [-0.15, -0.1) is 0 Å². The Labute approximate surface area is 113 Å². The van der Waals surface area contributed by atoms with Crippen LogP contribution in [0.2, 0.25) is 0 Å². The predicted molar refractivity (Wildman–Crippen MR) is 68.4 cm³/mol. The molecule has 0 aliphatic rings. The van der Waals surface area contributed by atoms with Crippen molar-refractivity contribution in [2.24, 2.45) is 0 Å². The number of carbonyl (C=O) groups is 2. The molecule has 1 aromatic rings. The summed E-state index contributed by atoms with van der Waals surface area (Å²) < 4.78 is 14.6. The van der Waals surface area contributed by atoms with E-state index in [0.717, 1.165) is 0 Å². The molecule has 0 saturated heterocycles. The molecule has 0 heterocycles. The maximum atomic E-state index is 11.6. The third-order valence-electron chi connectivity index (χ3n) is 2.14. The van der Waals surface area contributed by atoms with Gasteiger partial charge in [-0.05, 0) is 18.2 Å². The summed E-state index contributed by atoms with van der Waals surface area (Å²) in [5.41, 5.74) is 0.463. The predicted octanol–water partition coefficient (Wildman–Crippen LogP) is 2.03. The van der Waals surface area contributed by atoms with Crippen LogP contribution in [-0.2, 0) is 9.47 Å². The van der Waals surface area contributed by atoms with Crippen LogP contribution in [0.25, 0.3) is 0 Å². The zero-order valence-corrected chi connectivity index (χ0v) is 11.7. The molecule has 5 nitrogen and oxygen atoms in total. The number of carbonyl (C=O) groups excluding carboxylic acids is 2. The van der Waals surface area contributed by atoms with E-state index < -0.39 is 11.9 Å². The fourth-order valence-corrected chi connectivity index (χ4v) is 1.48. The quantitative estimate of drug-likeness (QED) is 0.614.